The van der Waals surface area contributed by atoms with Crippen molar-refractivity contribution in [3.8, 4) is 11.3 Å². The minimum absolute atomic E-state index is 0.0530. The molecular weight excluding hydrogens is 198 g/mol. The summed E-state index contributed by atoms with van der Waals surface area (Å²) >= 11 is 0. The van der Waals surface area contributed by atoms with Crippen molar-refractivity contribution in [2.45, 2.75) is 26.3 Å². The molecule has 2 aromatic rings. The van der Waals surface area contributed by atoms with E-state index in [0.717, 1.165) is 29.2 Å². The number of hydrogen-bond acceptors (Lipinski definition) is 2. The number of aromatic nitrogens is 2. The van der Waals surface area contributed by atoms with Gasteiger partial charge in [-0.25, -0.2) is 4.98 Å². The fraction of sp³-hybridized carbons (Fsp3) is 0.308. The van der Waals surface area contributed by atoms with Gasteiger partial charge in [0.1, 0.15) is 5.82 Å². The van der Waals surface area contributed by atoms with Crippen LogP contribution in [0.4, 0.5) is 0 Å². The molecule has 84 valence electrons. The average molecular weight is 215 g/mol. The monoisotopic (exact) mass is 215 g/mol. The van der Waals surface area contributed by atoms with Gasteiger partial charge in [-0.2, -0.15) is 0 Å². The minimum Gasteiger partial charge on any atom is -0.344 e. The fourth-order valence-electron chi connectivity index (χ4n) is 1.74. The molecule has 0 aliphatic rings. The third kappa shape index (κ3) is 1.99. The maximum absolute atomic E-state index is 5.83. The van der Waals surface area contributed by atoms with Crippen molar-refractivity contribution >= 4 is 0 Å². The Balaban J connectivity index is 2.48. The van der Waals surface area contributed by atoms with Crippen LogP contribution in [0.1, 0.15) is 31.4 Å². The topological polar surface area (TPSA) is 54.7 Å². The highest BCUT2D eigenvalue weighted by Crippen LogP contribution is 2.23. The predicted molar refractivity (Wildman–Crippen MR) is 66.0 cm³/mol. The summed E-state index contributed by atoms with van der Waals surface area (Å²) in [5.41, 5.74) is 9.15. The average Bonchev–Trinajstić information content (AvgIpc) is 2.74. The molecule has 3 N–H and O–H groups in total. The zero-order chi connectivity index (χ0) is 11.5. The number of aromatic amines is 1. The Morgan fingerprint density at radius 3 is 2.56 bits per heavy atom. The quantitative estimate of drug-likeness (QED) is 0.827. The van der Waals surface area contributed by atoms with Crippen molar-refractivity contribution in [3.63, 3.8) is 0 Å². The van der Waals surface area contributed by atoms with Gasteiger partial charge in [-0.15, -0.1) is 0 Å². The summed E-state index contributed by atoms with van der Waals surface area (Å²) < 4.78 is 0. The number of benzene rings is 1. The summed E-state index contributed by atoms with van der Waals surface area (Å²) in [4.78, 5) is 7.86. The van der Waals surface area contributed by atoms with E-state index in [1.54, 1.807) is 0 Å². The minimum atomic E-state index is -0.0530. The van der Waals surface area contributed by atoms with Crippen LogP contribution in [0.5, 0.6) is 0 Å². The Labute approximate surface area is 95.7 Å². The molecule has 0 saturated heterocycles. The summed E-state index contributed by atoms with van der Waals surface area (Å²) in [6.45, 7) is 4.05. The molecule has 16 heavy (non-hydrogen) atoms. The Kier molecular flexibility index (Phi) is 3.06. The first-order valence-electron chi connectivity index (χ1n) is 5.62. The summed E-state index contributed by atoms with van der Waals surface area (Å²) in [5, 5.41) is 0. The Morgan fingerprint density at radius 2 is 2.00 bits per heavy atom. The molecular formula is C13H17N3. The first-order valence-corrected chi connectivity index (χ1v) is 5.62. The molecule has 1 atom stereocenters. The molecule has 0 bridgehead atoms. The molecule has 0 amide bonds. The van der Waals surface area contributed by atoms with E-state index in [0.29, 0.717) is 0 Å². The van der Waals surface area contributed by atoms with E-state index in [4.69, 9.17) is 5.73 Å². The molecule has 1 aromatic carbocycles. The van der Waals surface area contributed by atoms with Crippen LogP contribution >= 0.6 is 0 Å². The van der Waals surface area contributed by atoms with Gasteiger partial charge in [0.2, 0.25) is 0 Å². The lowest BCUT2D eigenvalue weighted by Crippen LogP contribution is -2.06. The smallest absolute Gasteiger partial charge is 0.123 e. The number of aryl methyl sites for hydroxylation is 1. The van der Waals surface area contributed by atoms with Crippen molar-refractivity contribution in [1.82, 2.24) is 9.97 Å². The lowest BCUT2D eigenvalue weighted by Gasteiger charge is -1.98. The molecule has 1 heterocycles. The maximum Gasteiger partial charge on any atom is 0.123 e. The lowest BCUT2D eigenvalue weighted by atomic mass is 10.1. The van der Waals surface area contributed by atoms with E-state index < -0.39 is 0 Å². The molecule has 0 fully saturated rings. The van der Waals surface area contributed by atoms with Gasteiger partial charge >= 0.3 is 0 Å². The zero-order valence-electron chi connectivity index (χ0n) is 9.70. The molecule has 1 aromatic heterocycles. The van der Waals surface area contributed by atoms with Crippen LogP contribution in [0.15, 0.2) is 30.3 Å². The van der Waals surface area contributed by atoms with Crippen LogP contribution in [0.25, 0.3) is 11.3 Å². The van der Waals surface area contributed by atoms with Gasteiger partial charge in [0.15, 0.2) is 0 Å². The molecule has 0 radical (unpaired) electrons. The van der Waals surface area contributed by atoms with Crippen molar-refractivity contribution in [3.05, 3.63) is 41.9 Å². The van der Waals surface area contributed by atoms with E-state index in [9.17, 15) is 0 Å². The highest BCUT2D eigenvalue weighted by atomic mass is 15.0. The molecule has 0 aliphatic carbocycles. The van der Waals surface area contributed by atoms with Crippen molar-refractivity contribution < 1.29 is 0 Å². The Morgan fingerprint density at radius 1 is 1.31 bits per heavy atom. The van der Waals surface area contributed by atoms with E-state index in [1.165, 1.54) is 0 Å². The van der Waals surface area contributed by atoms with E-state index in [1.807, 2.05) is 25.1 Å². The zero-order valence-corrected chi connectivity index (χ0v) is 9.70. The second-order valence-corrected chi connectivity index (χ2v) is 3.96. The summed E-state index contributed by atoms with van der Waals surface area (Å²) in [6, 6.07) is 10.1. The highest BCUT2D eigenvalue weighted by Gasteiger charge is 2.12. The number of hydrogen-bond donors (Lipinski definition) is 2. The fourth-order valence-corrected chi connectivity index (χ4v) is 1.74. The van der Waals surface area contributed by atoms with Gasteiger partial charge in [-0.3, -0.25) is 0 Å². The Bertz CT molecular complexity index is 457. The van der Waals surface area contributed by atoms with Crippen LogP contribution in [0.2, 0.25) is 0 Å². The Hall–Kier alpha value is -1.61. The van der Waals surface area contributed by atoms with Gasteiger partial charge < -0.3 is 10.7 Å². The number of nitrogens with zero attached hydrogens (tertiary/aromatic N) is 1. The summed E-state index contributed by atoms with van der Waals surface area (Å²) in [7, 11) is 0. The highest BCUT2D eigenvalue weighted by molar-refractivity contribution is 5.62. The normalized spacial score (nSPS) is 12.7. The van der Waals surface area contributed by atoms with Gasteiger partial charge in [0.25, 0.3) is 0 Å². The first kappa shape index (κ1) is 10.9. The third-order valence-corrected chi connectivity index (χ3v) is 2.63. The van der Waals surface area contributed by atoms with Crippen LogP contribution in [0, 0.1) is 0 Å². The molecule has 1 unspecified atom stereocenters. The largest absolute Gasteiger partial charge is 0.344 e. The van der Waals surface area contributed by atoms with E-state index in [2.05, 4.69) is 29.0 Å². The number of nitrogens with one attached hydrogen (secondary N) is 1. The molecule has 3 heteroatoms. The van der Waals surface area contributed by atoms with Crippen LogP contribution in [-0.4, -0.2) is 9.97 Å². The number of rotatable bonds is 3. The maximum atomic E-state index is 5.83. The van der Waals surface area contributed by atoms with Gasteiger partial charge in [-0.1, -0.05) is 37.3 Å². The lowest BCUT2D eigenvalue weighted by molar-refractivity contribution is 0.752. The number of imidazole rings is 1. The second-order valence-electron chi connectivity index (χ2n) is 3.96. The summed E-state index contributed by atoms with van der Waals surface area (Å²) in [5.74, 6) is 0.857. The molecule has 3 nitrogen and oxygen atoms in total. The van der Waals surface area contributed by atoms with E-state index >= 15 is 0 Å². The first-order chi connectivity index (χ1) is 7.72. The molecule has 0 spiro atoms. The molecule has 0 saturated carbocycles. The number of nitrogens with two attached hydrogens (primary N) is 1. The van der Waals surface area contributed by atoms with E-state index in [-0.39, 0.29) is 6.04 Å². The van der Waals surface area contributed by atoms with Gasteiger partial charge in [-0.05, 0) is 13.3 Å². The number of H-pyrrole nitrogens is 1. The third-order valence-electron chi connectivity index (χ3n) is 2.63. The van der Waals surface area contributed by atoms with Crippen LogP contribution in [-0.2, 0) is 6.42 Å². The van der Waals surface area contributed by atoms with Crippen molar-refractivity contribution in [1.29, 1.82) is 0 Å². The van der Waals surface area contributed by atoms with Gasteiger partial charge in [0, 0.05) is 11.3 Å². The summed E-state index contributed by atoms with van der Waals surface area (Å²) in [6.07, 6.45) is 0.934. The SMILES string of the molecule is CCc1[nH]c(C(C)N)nc1-c1ccccc1. The molecule has 0 aliphatic heterocycles. The van der Waals surface area contributed by atoms with Crippen molar-refractivity contribution in [2.24, 2.45) is 5.73 Å². The van der Waals surface area contributed by atoms with Crippen molar-refractivity contribution in [2.75, 3.05) is 0 Å². The molecule has 2 rings (SSSR count). The predicted octanol–water partition coefficient (Wildman–Crippen LogP) is 2.66. The van der Waals surface area contributed by atoms with Gasteiger partial charge in [0.05, 0.1) is 11.7 Å². The second kappa shape index (κ2) is 4.49. The standard InChI is InChI=1S/C13H17N3/c1-3-11-12(10-7-5-4-6-8-10)16-13(15-11)9(2)14/h4-9H,3,14H2,1-2H3,(H,15,16). The van der Waals surface area contributed by atoms with Crippen LogP contribution < -0.4 is 5.73 Å². The van der Waals surface area contributed by atoms with Crippen LogP contribution in [0.3, 0.4) is 0 Å².